The van der Waals surface area contributed by atoms with Crippen molar-refractivity contribution in [1.29, 1.82) is 0 Å². The van der Waals surface area contributed by atoms with Gasteiger partial charge < -0.3 is 5.11 Å². The van der Waals surface area contributed by atoms with Gasteiger partial charge in [-0.15, -0.1) is 5.10 Å². The summed E-state index contributed by atoms with van der Waals surface area (Å²) in [7, 11) is 0. The molecule has 0 radical (unpaired) electrons. The maximum Gasteiger partial charge on any atom is 0.157 e. The lowest BCUT2D eigenvalue weighted by atomic mass is 9.44. The number of aromatic nitrogens is 3. The first-order valence-corrected chi connectivity index (χ1v) is 13.7. The third-order valence-corrected chi connectivity index (χ3v) is 11.4. The molecule has 0 bridgehead atoms. The number of carbonyl (C=O) groups is 1. The second-order valence-electron chi connectivity index (χ2n) is 13.2. The minimum atomic E-state index is -0.477. The summed E-state index contributed by atoms with van der Waals surface area (Å²) in [4.78, 5) is 13.7. The number of aliphatic hydroxyl groups is 1. The summed E-state index contributed by atoms with van der Waals surface area (Å²) in [5.41, 5.74) is 2.99. The van der Waals surface area contributed by atoms with Crippen LogP contribution in [-0.4, -0.2) is 31.5 Å². The van der Waals surface area contributed by atoms with Crippen molar-refractivity contribution >= 4 is 16.8 Å². The van der Waals surface area contributed by atoms with Gasteiger partial charge in [0.05, 0.1) is 11.1 Å². The van der Waals surface area contributed by atoms with E-state index < -0.39 is 5.60 Å². The van der Waals surface area contributed by atoms with Gasteiger partial charge in [0.1, 0.15) is 12.1 Å². The molecule has 0 saturated heterocycles. The topological polar surface area (TPSA) is 68.0 Å². The molecule has 184 valence electrons. The zero-order valence-corrected chi connectivity index (χ0v) is 21.4. The van der Waals surface area contributed by atoms with Crippen LogP contribution in [0, 0.1) is 47.3 Å². The largest absolute Gasteiger partial charge is 0.390 e. The Hall–Kier alpha value is -1.75. The summed E-state index contributed by atoms with van der Waals surface area (Å²) in [6.45, 7) is 9.42. The van der Waals surface area contributed by atoms with E-state index in [1.165, 1.54) is 32.1 Å². The molecule has 4 saturated carbocycles. The molecular weight excluding hydrogens is 422 g/mol. The summed E-state index contributed by atoms with van der Waals surface area (Å²) < 4.78 is 1.83. The van der Waals surface area contributed by atoms with Crippen molar-refractivity contribution in [3.63, 3.8) is 0 Å². The third-order valence-electron chi connectivity index (χ3n) is 11.4. The number of nitrogens with zero attached hydrogens (tertiary/aromatic N) is 3. The van der Waals surface area contributed by atoms with E-state index in [0.29, 0.717) is 29.6 Å². The minimum Gasteiger partial charge on any atom is -0.390 e. The molecule has 4 aliphatic carbocycles. The zero-order chi connectivity index (χ0) is 23.9. The molecule has 0 spiro atoms. The number of hydrogen-bond acceptors (Lipinski definition) is 4. The van der Waals surface area contributed by atoms with Crippen LogP contribution in [0.1, 0.15) is 84.1 Å². The second kappa shape index (κ2) is 7.62. The Balaban J connectivity index is 1.22. The summed E-state index contributed by atoms with van der Waals surface area (Å²) >= 11 is 0. The van der Waals surface area contributed by atoms with Gasteiger partial charge in [-0.05, 0) is 118 Å². The standard InChI is InChI=1S/C29H41N3O2/c1-18-6-5-7-24-26(18)30-31-32(24)17-25(33)23-11-10-21-20-9-8-19-16-27(2,34)14-15-28(19,3)22(20)12-13-29(21,23)4/h5-7,19-23,34H,8-17H2,1-4H3/t19-,20+,21+,22+,23-,27-,28+,29+/m1/s1. The fraction of sp³-hybridized carbons (Fsp3) is 0.759. The molecule has 0 unspecified atom stereocenters. The third kappa shape index (κ3) is 3.25. The highest BCUT2D eigenvalue weighted by atomic mass is 16.3. The van der Waals surface area contributed by atoms with Gasteiger partial charge in [0.15, 0.2) is 5.78 Å². The van der Waals surface area contributed by atoms with Crippen LogP contribution in [0.4, 0.5) is 0 Å². The van der Waals surface area contributed by atoms with Crippen LogP contribution in [0.15, 0.2) is 18.2 Å². The lowest BCUT2D eigenvalue weighted by Gasteiger charge is -2.61. The zero-order valence-electron chi connectivity index (χ0n) is 21.4. The van der Waals surface area contributed by atoms with Gasteiger partial charge in [-0.2, -0.15) is 0 Å². The molecular formula is C29H41N3O2. The number of ketones is 1. The van der Waals surface area contributed by atoms with E-state index in [4.69, 9.17) is 0 Å². The maximum atomic E-state index is 13.7. The van der Waals surface area contributed by atoms with E-state index >= 15 is 0 Å². The molecule has 5 nitrogen and oxygen atoms in total. The van der Waals surface area contributed by atoms with Gasteiger partial charge in [-0.1, -0.05) is 31.2 Å². The first-order valence-electron chi connectivity index (χ1n) is 13.7. The monoisotopic (exact) mass is 463 g/mol. The molecule has 5 heteroatoms. The van der Waals surface area contributed by atoms with Gasteiger partial charge in [0.25, 0.3) is 0 Å². The van der Waals surface area contributed by atoms with Crippen molar-refractivity contribution in [2.75, 3.05) is 0 Å². The Labute approximate surface area is 203 Å². The SMILES string of the molecule is Cc1cccc2c1nnn2CC(=O)[C@H]1CC[C@H]2[C@@H]3CC[C@@H]4C[C@](C)(O)CC[C@]4(C)[C@H]3CC[C@]12C. The molecule has 0 amide bonds. The van der Waals surface area contributed by atoms with Crippen molar-refractivity contribution in [2.24, 2.45) is 40.4 Å². The predicted octanol–water partition coefficient (Wildman–Crippen LogP) is 5.72. The number of benzene rings is 1. The summed E-state index contributed by atoms with van der Waals surface area (Å²) in [5.74, 6) is 3.32. The summed E-state index contributed by atoms with van der Waals surface area (Å²) in [5, 5.41) is 19.4. The number of Topliss-reactive ketones (excluding diaryl/α,β-unsaturated/α-hetero) is 1. The molecule has 2 aromatic rings. The Kier molecular flexibility index (Phi) is 5.09. The number of hydrogen-bond donors (Lipinski definition) is 1. The van der Waals surface area contributed by atoms with E-state index in [1.54, 1.807) is 0 Å². The lowest BCUT2D eigenvalue weighted by molar-refractivity contribution is -0.151. The molecule has 0 aliphatic heterocycles. The van der Waals surface area contributed by atoms with Gasteiger partial charge >= 0.3 is 0 Å². The molecule has 1 heterocycles. The Morgan fingerprint density at radius 3 is 2.65 bits per heavy atom. The molecule has 1 aromatic carbocycles. The predicted molar refractivity (Wildman–Crippen MR) is 133 cm³/mol. The highest BCUT2D eigenvalue weighted by Gasteiger charge is 2.61. The number of aryl methyl sites for hydroxylation is 1. The van der Waals surface area contributed by atoms with Crippen molar-refractivity contribution in [1.82, 2.24) is 15.0 Å². The van der Waals surface area contributed by atoms with E-state index in [2.05, 4.69) is 24.2 Å². The van der Waals surface area contributed by atoms with Crippen molar-refractivity contribution < 1.29 is 9.90 Å². The van der Waals surface area contributed by atoms with Crippen LogP contribution in [0.5, 0.6) is 0 Å². The quantitative estimate of drug-likeness (QED) is 0.632. The first kappa shape index (κ1) is 22.7. The van der Waals surface area contributed by atoms with E-state index in [0.717, 1.165) is 54.1 Å². The molecule has 6 rings (SSSR count). The van der Waals surface area contributed by atoms with Crippen LogP contribution in [-0.2, 0) is 11.3 Å². The average molecular weight is 464 g/mol. The summed E-state index contributed by atoms with van der Waals surface area (Å²) in [6.07, 6.45) is 10.3. The Morgan fingerprint density at radius 1 is 1.03 bits per heavy atom. The normalized spacial score (nSPS) is 43.9. The Bertz CT molecular complexity index is 1120. The molecule has 34 heavy (non-hydrogen) atoms. The second-order valence-corrected chi connectivity index (χ2v) is 13.2. The number of fused-ring (bicyclic) bond motifs is 6. The molecule has 8 atom stereocenters. The fourth-order valence-electron chi connectivity index (χ4n) is 9.46. The Morgan fingerprint density at radius 2 is 1.82 bits per heavy atom. The van der Waals surface area contributed by atoms with Gasteiger partial charge in [-0.25, -0.2) is 4.68 Å². The lowest BCUT2D eigenvalue weighted by Crippen LogP contribution is -2.55. The molecule has 1 N–H and O–H groups in total. The smallest absolute Gasteiger partial charge is 0.157 e. The van der Waals surface area contributed by atoms with Gasteiger partial charge in [0, 0.05) is 5.92 Å². The molecule has 4 fully saturated rings. The highest BCUT2D eigenvalue weighted by molar-refractivity contribution is 5.84. The molecule has 4 aliphatic rings. The average Bonchev–Trinajstić information content (AvgIpc) is 3.36. The maximum absolute atomic E-state index is 13.7. The van der Waals surface area contributed by atoms with Crippen LogP contribution in [0.2, 0.25) is 0 Å². The first-order chi connectivity index (χ1) is 16.1. The van der Waals surface area contributed by atoms with Crippen LogP contribution in [0.25, 0.3) is 11.0 Å². The van der Waals surface area contributed by atoms with Crippen molar-refractivity contribution in [2.45, 2.75) is 97.6 Å². The number of carbonyl (C=O) groups excluding carboxylic acids is 1. The van der Waals surface area contributed by atoms with Crippen molar-refractivity contribution in [3.8, 4) is 0 Å². The van der Waals surface area contributed by atoms with E-state index in [1.807, 2.05) is 36.7 Å². The minimum absolute atomic E-state index is 0.119. The molecule has 1 aromatic heterocycles. The fourth-order valence-corrected chi connectivity index (χ4v) is 9.46. The van der Waals surface area contributed by atoms with E-state index in [9.17, 15) is 9.90 Å². The summed E-state index contributed by atoms with van der Waals surface area (Å²) in [6, 6.07) is 6.10. The van der Waals surface area contributed by atoms with Gasteiger partial charge in [-0.3, -0.25) is 4.79 Å². The van der Waals surface area contributed by atoms with Gasteiger partial charge in [0.2, 0.25) is 0 Å². The van der Waals surface area contributed by atoms with Crippen LogP contribution >= 0.6 is 0 Å². The highest BCUT2D eigenvalue weighted by Crippen LogP contribution is 2.68. The van der Waals surface area contributed by atoms with E-state index in [-0.39, 0.29) is 11.3 Å². The number of rotatable bonds is 3. The van der Waals surface area contributed by atoms with Crippen LogP contribution in [0.3, 0.4) is 0 Å². The van der Waals surface area contributed by atoms with Crippen molar-refractivity contribution in [3.05, 3.63) is 23.8 Å². The van der Waals surface area contributed by atoms with Crippen LogP contribution < -0.4 is 0 Å².